The van der Waals surface area contributed by atoms with Crippen LogP contribution in [-0.2, 0) is 11.3 Å². The van der Waals surface area contributed by atoms with Gasteiger partial charge in [0.1, 0.15) is 0 Å². The van der Waals surface area contributed by atoms with Crippen LogP contribution in [0.1, 0.15) is 18.4 Å². The normalized spacial score (nSPS) is 24.1. The van der Waals surface area contributed by atoms with Gasteiger partial charge in [-0.2, -0.15) is 0 Å². The third kappa shape index (κ3) is 4.06. The standard InChI is InChI=1S/C16H22FN3O2.HI/c1-18-15(19-9-12-2-3-14(21)13(17)8-12)20-6-4-16(10-20)5-7-22-11-16;/h2-3,8,21H,4-7,9-11H2,1H3,(H,18,19);1H. The van der Waals surface area contributed by atoms with Crippen molar-refractivity contribution in [1.82, 2.24) is 10.2 Å². The average Bonchev–Trinajstić information content (AvgIpc) is 3.14. The van der Waals surface area contributed by atoms with E-state index in [0.29, 0.717) is 6.54 Å². The zero-order valence-electron chi connectivity index (χ0n) is 13.2. The van der Waals surface area contributed by atoms with Crippen molar-refractivity contribution in [2.24, 2.45) is 10.4 Å². The van der Waals surface area contributed by atoms with Gasteiger partial charge < -0.3 is 20.1 Å². The summed E-state index contributed by atoms with van der Waals surface area (Å²) < 4.78 is 18.9. The van der Waals surface area contributed by atoms with Crippen LogP contribution in [0.3, 0.4) is 0 Å². The molecule has 1 aromatic carbocycles. The van der Waals surface area contributed by atoms with Gasteiger partial charge in [-0.3, -0.25) is 4.99 Å². The Kier molecular flexibility index (Phi) is 6.07. The van der Waals surface area contributed by atoms with Crippen LogP contribution in [0.5, 0.6) is 5.75 Å². The number of ether oxygens (including phenoxy) is 1. The van der Waals surface area contributed by atoms with Crippen molar-refractivity contribution in [3.8, 4) is 5.75 Å². The van der Waals surface area contributed by atoms with E-state index in [4.69, 9.17) is 4.74 Å². The highest BCUT2D eigenvalue weighted by Gasteiger charge is 2.42. The molecule has 0 radical (unpaired) electrons. The molecule has 2 aliphatic rings. The molecule has 3 rings (SSSR count). The summed E-state index contributed by atoms with van der Waals surface area (Å²) in [5, 5.41) is 12.5. The molecule has 0 bridgehead atoms. The van der Waals surface area contributed by atoms with Crippen LogP contribution >= 0.6 is 24.0 Å². The molecule has 1 atom stereocenters. The molecule has 0 amide bonds. The van der Waals surface area contributed by atoms with Gasteiger partial charge in [0, 0.05) is 38.7 Å². The second-order valence-electron chi connectivity index (χ2n) is 6.16. The molecule has 23 heavy (non-hydrogen) atoms. The number of aromatic hydroxyl groups is 1. The third-order valence-electron chi connectivity index (χ3n) is 4.60. The minimum absolute atomic E-state index is 0. The summed E-state index contributed by atoms with van der Waals surface area (Å²) in [4.78, 5) is 6.57. The summed E-state index contributed by atoms with van der Waals surface area (Å²) in [6.45, 7) is 4.09. The molecule has 2 heterocycles. The van der Waals surface area contributed by atoms with Crippen molar-refractivity contribution in [2.75, 3.05) is 33.4 Å². The largest absolute Gasteiger partial charge is 0.505 e. The van der Waals surface area contributed by atoms with Gasteiger partial charge in [-0.05, 0) is 30.5 Å². The molecule has 1 aromatic rings. The van der Waals surface area contributed by atoms with Crippen LogP contribution in [0.4, 0.5) is 4.39 Å². The van der Waals surface area contributed by atoms with Crippen molar-refractivity contribution < 1.29 is 14.2 Å². The van der Waals surface area contributed by atoms with Gasteiger partial charge in [-0.25, -0.2) is 4.39 Å². The first-order chi connectivity index (χ1) is 10.6. The Bertz CT molecular complexity index is 576. The molecule has 0 aromatic heterocycles. The van der Waals surface area contributed by atoms with E-state index in [1.807, 2.05) is 0 Å². The maximum atomic E-state index is 13.4. The van der Waals surface area contributed by atoms with Crippen LogP contribution in [0.15, 0.2) is 23.2 Å². The van der Waals surface area contributed by atoms with Gasteiger partial charge in [-0.15, -0.1) is 24.0 Å². The first kappa shape index (κ1) is 18.3. The SMILES string of the molecule is CN=C(NCc1ccc(O)c(F)c1)N1CCC2(CCOC2)C1.I. The zero-order valence-corrected chi connectivity index (χ0v) is 15.5. The molecule has 2 saturated heterocycles. The van der Waals surface area contributed by atoms with E-state index < -0.39 is 5.82 Å². The minimum atomic E-state index is -0.600. The third-order valence-corrected chi connectivity index (χ3v) is 4.60. The van der Waals surface area contributed by atoms with E-state index in [9.17, 15) is 9.50 Å². The lowest BCUT2D eigenvalue weighted by molar-refractivity contribution is 0.156. The van der Waals surface area contributed by atoms with Crippen LogP contribution in [0.25, 0.3) is 0 Å². The molecule has 7 heteroatoms. The molecule has 5 nitrogen and oxygen atoms in total. The summed E-state index contributed by atoms with van der Waals surface area (Å²) >= 11 is 0. The van der Waals surface area contributed by atoms with E-state index >= 15 is 0 Å². The monoisotopic (exact) mass is 435 g/mol. The number of phenolic OH excluding ortho intramolecular Hbond substituents is 1. The number of guanidine groups is 1. The molecule has 128 valence electrons. The predicted octanol–water partition coefficient (Wildman–Crippen LogP) is 2.34. The van der Waals surface area contributed by atoms with E-state index in [-0.39, 0.29) is 35.1 Å². The van der Waals surface area contributed by atoms with E-state index in [1.165, 1.54) is 12.1 Å². The maximum Gasteiger partial charge on any atom is 0.193 e. The molecular formula is C16H23FIN3O2. The van der Waals surface area contributed by atoms with Crippen molar-refractivity contribution in [3.05, 3.63) is 29.6 Å². The van der Waals surface area contributed by atoms with Crippen molar-refractivity contribution >= 4 is 29.9 Å². The summed E-state index contributed by atoms with van der Waals surface area (Å²) in [5.41, 5.74) is 1.05. The van der Waals surface area contributed by atoms with Crippen LogP contribution in [-0.4, -0.2) is 49.3 Å². The lowest BCUT2D eigenvalue weighted by Gasteiger charge is -2.25. The van der Waals surface area contributed by atoms with Gasteiger partial charge in [0.2, 0.25) is 0 Å². The Labute approximate surface area is 152 Å². The van der Waals surface area contributed by atoms with Crippen molar-refractivity contribution in [2.45, 2.75) is 19.4 Å². The average molecular weight is 435 g/mol. The minimum Gasteiger partial charge on any atom is -0.505 e. The zero-order chi connectivity index (χ0) is 15.6. The lowest BCUT2D eigenvalue weighted by Crippen LogP contribution is -2.41. The first-order valence-corrected chi connectivity index (χ1v) is 7.63. The fourth-order valence-corrected chi connectivity index (χ4v) is 3.26. The van der Waals surface area contributed by atoms with Gasteiger partial charge >= 0.3 is 0 Å². The number of benzene rings is 1. The van der Waals surface area contributed by atoms with Crippen LogP contribution in [0, 0.1) is 11.2 Å². The molecule has 0 saturated carbocycles. The molecule has 1 spiro atoms. The highest BCUT2D eigenvalue weighted by atomic mass is 127. The Balaban J connectivity index is 0.00000192. The second-order valence-corrected chi connectivity index (χ2v) is 6.16. The van der Waals surface area contributed by atoms with E-state index in [2.05, 4.69) is 15.2 Å². The number of phenols is 1. The van der Waals surface area contributed by atoms with Gasteiger partial charge in [0.25, 0.3) is 0 Å². The van der Waals surface area contributed by atoms with Gasteiger partial charge in [-0.1, -0.05) is 6.07 Å². The van der Waals surface area contributed by atoms with Gasteiger partial charge in [0.15, 0.2) is 17.5 Å². The number of nitrogens with one attached hydrogen (secondary N) is 1. The lowest BCUT2D eigenvalue weighted by atomic mass is 9.87. The van der Waals surface area contributed by atoms with E-state index in [1.54, 1.807) is 13.1 Å². The molecule has 2 aliphatic heterocycles. The smallest absolute Gasteiger partial charge is 0.193 e. The molecule has 1 unspecified atom stereocenters. The number of aliphatic imine (C=N–C) groups is 1. The number of nitrogens with zero attached hydrogens (tertiary/aromatic N) is 2. The number of rotatable bonds is 2. The topological polar surface area (TPSA) is 57.1 Å². The fourth-order valence-electron chi connectivity index (χ4n) is 3.26. The first-order valence-electron chi connectivity index (χ1n) is 7.63. The predicted molar refractivity (Wildman–Crippen MR) is 97.7 cm³/mol. The van der Waals surface area contributed by atoms with Gasteiger partial charge in [0.05, 0.1) is 6.61 Å². The Morgan fingerprint density at radius 3 is 2.96 bits per heavy atom. The highest BCUT2D eigenvalue weighted by molar-refractivity contribution is 14.0. The summed E-state index contributed by atoms with van der Waals surface area (Å²) in [6, 6.07) is 4.41. The fraction of sp³-hybridized carbons (Fsp3) is 0.562. The van der Waals surface area contributed by atoms with Crippen molar-refractivity contribution in [1.29, 1.82) is 0 Å². The number of hydrogen-bond donors (Lipinski definition) is 2. The Morgan fingerprint density at radius 2 is 2.30 bits per heavy atom. The number of hydrogen-bond acceptors (Lipinski definition) is 3. The quantitative estimate of drug-likeness (QED) is 0.426. The summed E-state index contributed by atoms with van der Waals surface area (Å²) in [6.07, 6.45) is 2.24. The molecule has 2 fully saturated rings. The van der Waals surface area contributed by atoms with Crippen LogP contribution < -0.4 is 5.32 Å². The number of likely N-dealkylation sites (tertiary alicyclic amines) is 1. The second kappa shape index (κ2) is 7.65. The number of halogens is 2. The molecule has 2 N–H and O–H groups in total. The van der Waals surface area contributed by atoms with Crippen LogP contribution in [0.2, 0.25) is 0 Å². The molecule has 0 aliphatic carbocycles. The summed E-state index contributed by atoms with van der Waals surface area (Å²) in [5.74, 6) is -0.0920. The highest BCUT2D eigenvalue weighted by Crippen LogP contribution is 2.38. The Hall–Kier alpha value is -1.09. The van der Waals surface area contributed by atoms with E-state index in [0.717, 1.165) is 50.7 Å². The van der Waals surface area contributed by atoms with Crippen molar-refractivity contribution in [3.63, 3.8) is 0 Å². The Morgan fingerprint density at radius 1 is 1.48 bits per heavy atom. The maximum absolute atomic E-state index is 13.4. The molecular weight excluding hydrogens is 412 g/mol. The summed E-state index contributed by atoms with van der Waals surface area (Å²) in [7, 11) is 1.76.